The second-order valence-electron chi connectivity index (χ2n) is 4.47. The molecule has 0 aromatic rings. The summed E-state index contributed by atoms with van der Waals surface area (Å²) in [5.74, 6) is -0.0471. The van der Waals surface area contributed by atoms with E-state index in [2.05, 4.69) is 16.0 Å². The minimum absolute atomic E-state index is 0.0471. The molecule has 15 heavy (non-hydrogen) atoms. The van der Waals surface area contributed by atoms with Crippen molar-refractivity contribution >= 4 is 11.9 Å². The molecule has 0 aliphatic carbocycles. The van der Waals surface area contributed by atoms with Crippen molar-refractivity contribution in [2.45, 2.75) is 39.7 Å². The Morgan fingerprint density at radius 2 is 1.60 bits per heavy atom. The van der Waals surface area contributed by atoms with E-state index in [0.717, 1.165) is 6.42 Å². The maximum atomic E-state index is 11.2. The molecule has 88 valence electrons. The van der Waals surface area contributed by atoms with E-state index in [9.17, 15) is 9.59 Å². The lowest BCUT2D eigenvalue weighted by Gasteiger charge is -2.20. The Bertz CT molecular complexity index is 221. The predicted octanol–water partition coefficient (Wildman–Crippen LogP) is 0.610. The number of amides is 3. The van der Waals surface area contributed by atoms with Crippen LogP contribution in [-0.4, -0.2) is 30.6 Å². The number of carbonyl (C=O) groups excluding carboxylic acids is 2. The Morgan fingerprint density at radius 1 is 1.07 bits per heavy atom. The summed E-state index contributed by atoms with van der Waals surface area (Å²) in [6, 6.07) is -0.176. The molecule has 0 saturated heterocycles. The molecule has 0 spiro atoms. The lowest BCUT2D eigenvalue weighted by Crippen LogP contribution is -2.46. The van der Waals surface area contributed by atoms with Crippen molar-refractivity contribution in [3.8, 4) is 0 Å². The van der Waals surface area contributed by atoms with Crippen molar-refractivity contribution in [2.75, 3.05) is 13.1 Å². The van der Waals surface area contributed by atoms with E-state index < -0.39 is 0 Å². The number of urea groups is 1. The molecule has 0 radical (unpaired) electrons. The summed E-state index contributed by atoms with van der Waals surface area (Å²) >= 11 is 0. The summed E-state index contributed by atoms with van der Waals surface area (Å²) in [6.45, 7) is 8.38. The monoisotopic (exact) mass is 215 g/mol. The third kappa shape index (κ3) is 10.7. The van der Waals surface area contributed by atoms with Crippen LogP contribution in [0, 0.1) is 0 Å². The first-order valence-corrected chi connectivity index (χ1v) is 5.12. The van der Waals surface area contributed by atoms with Crippen molar-refractivity contribution in [1.82, 2.24) is 16.0 Å². The molecular formula is C10H21N3O2. The van der Waals surface area contributed by atoms with Crippen LogP contribution in [0.1, 0.15) is 34.1 Å². The molecule has 5 heteroatoms. The van der Waals surface area contributed by atoms with E-state index in [1.165, 1.54) is 6.92 Å². The molecular weight excluding hydrogens is 194 g/mol. The van der Waals surface area contributed by atoms with Gasteiger partial charge in [0.2, 0.25) is 5.91 Å². The topological polar surface area (TPSA) is 70.2 Å². The molecule has 0 aliphatic rings. The van der Waals surface area contributed by atoms with Crippen LogP contribution in [-0.2, 0) is 4.79 Å². The van der Waals surface area contributed by atoms with Gasteiger partial charge in [-0.05, 0) is 27.2 Å². The molecule has 0 heterocycles. The number of carbonyl (C=O) groups is 2. The Hall–Kier alpha value is -1.26. The van der Waals surface area contributed by atoms with Gasteiger partial charge in [-0.25, -0.2) is 4.79 Å². The molecule has 0 saturated carbocycles. The van der Waals surface area contributed by atoms with Crippen molar-refractivity contribution in [1.29, 1.82) is 0 Å². The van der Waals surface area contributed by atoms with Gasteiger partial charge in [0.25, 0.3) is 0 Å². The Balaban J connectivity index is 3.44. The fraction of sp³-hybridized carbons (Fsp3) is 0.800. The van der Waals surface area contributed by atoms with Crippen LogP contribution in [0.15, 0.2) is 0 Å². The van der Waals surface area contributed by atoms with Gasteiger partial charge in [-0.1, -0.05) is 0 Å². The highest BCUT2D eigenvalue weighted by atomic mass is 16.2. The minimum atomic E-state index is -0.221. The van der Waals surface area contributed by atoms with Gasteiger partial charge in [0, 0.05) is 25.6 Å². The Labute approximate surface area is 91.0 Å². The van der Waals surface area contributed by atoms with Gasteiger partial charge in [0.1, 0.15) is 0 Å². The van der Waals surface area contributed by atoms with E-state index >= 15 is 0 Å². The minimum Gasteiger partial charge on any atom is -0.356 e. The SMILES string of the molecule is CC(=O)NCCCNC(=O)NC(C)(C)C. The number of hydrogen-bond acceptors (Lipinski definition) is 2. The zero-order valence-electron chi connectivity index (χ0n) is 9.94. The van der Waals surface area contributed by atoms with Gasteiger partial charge < -0.3 is 16.0 Å². The van der Waals surface area contributed by atoms with Crippen molar-refractivity contribution in [2.24, 2.45) is 0 Å². The lowest BCUT2D eigenvalue weighted by molar-refractivity contribution is -0.118. The molecule has 0 atom stereocenters. The van der Waals surface area contributed by atoms with Crippen LogP contribution in [0.3, 0.4) is 0 Å². The van der Waals surface area contributed by atoms with Crippen LogP contribution in [0.25, 0.3) is 0 Å². The van der Waals surface area contributed by atoms with E-state index in [-0.39, 0.29) is 17.5 Å². The summed E-state index contributed by atoms with van der Waals surface area (Å²) in [5, 5.41) is 8.15. The number of nitrogens with one attached hydrogen (secondary N) is 3. The van der Waals surface area contributed by atoms with Gasteiger partial charge in [-0.3, -0.25) is 4.79 Å². The van der Waals surface area contributed by atoms with Gasteiger partial charge >= 0.3 is 6.03 Å². The van der Waals surface area contributed by atoms with Crippen LogP contribution < -0.4 is 16.0 Å². The largest absolute Gasteiger partial charge is 0.356 e. The van der Waals surface area contributed by atoms with Crippen molar-refractivity contribution < 1.29 is 9.59 Å². The van der Waals surface area contributed by atoms with Crippen LogP contribution >= 0.6 is 0 Å². The van der Waals surface area contributed by atoms with Crippen molar-refractivity contribution in [3.63, 3.8) is 0 Å². The van der Waals surface area contributed by atoms with Gasteiger partial charge in [0.05, 0.1) is 0 Å². The second-order valence-corrected chi connectivity index (χ2v) is 4.47. The van der Waals surface area contributed by atoms with Crippen LogP contribution in [0.4, 0.5) is 4.79 Å². The predicted molar refractivity (Wildman–Crippen MR) is 59.6 cm³/mol. The Kier molecular flexibility index (Phi) is 5.74. The highest BCUT2D eigenvalue weighted by Gasteiger charge is 2.12. The fourth-order valence-electron chi connectivity index (χ4n) is 0.940. The standard InChI is InChI=1S/C10H21N3O2/c1-8(14)11-6-5-7-12-9(15)13-10(2,3)4/h5-7H2,1-4H3,(H,11,14)(H2,12,13,15). The van der Waals surface area contributed by atoms with E-state index in [1.807, 2.05) is 20.8 Å². The van der Waals surface area contributed by atoms with Gasteiger partial charge in [-0.2, -0.15) is 0 Å². The summed E-state index contributed by atoms with van der Waals surface area (Å²) in [7, 11) is 0. The second kappa shape index (κ2) is 6.27. The van der Waals surface area contributed by atoms with E-state index in [0.29, 0.717) is 13.1 Å². The fourth-order valence-corrected chi connectivity index (χ4v) is 0.940. The molecule has 0 aromatic heterocycles. The highest BCUT2D eigenvalue weighted by Crippen LogP contribution is 1.97. The zero-order chi connectivity index (χ0) is 11.9. The van der Waals surface area contributed by atoms with Gasteiger partial charge in [-0.15, -0.1) is 0 Å². The number of rotatable bonds is 4. The molecule has 0 rings (SSSR count). The number of hydrogen-bond donors (Lipinski definition) is 3. The molecule has 0 aliphatic heterocycles. The summed E-state index contributed by atoms with van der Waals surface area (Å²) < 4.78 is 0. The first kappa shape index (κ1) is 13.7. The maximum absolute atomic E-state index is 11.2. The van der Waals surface area contributed by atoms with Crippen molar-refractivity contribution in [3.05, 3.63) is 0 Å². The molecule has 0 aromatic carbocycles. The third-order valence-corrected chi connectivity index (χ3v) is 1.50. The highest BCUT2D eigenvalue weighted by molar-refractivity contribution is 5.74. The molecule has 3 amide bonds. The normalized spacial score (nSPS) is 10.7. The molecule has 0 fully saturated rings. The summed E-state index contributed by atoms with van der Waals surface area (Å²) in [4.78, 5) is 21.8. The molecule has 3 N–H and O–H groups in total. The molecule has 0 bridgehead atoms. The smallest absolute Gasteiger partial charge is 0.315 e. The summed E-state index contributed by atoms with van der Waals surface area (Å²) in [6.07, 6.45) is 0.733. The maximum Gasteiger partial charge on any atom is 0.315 e. The van der Waals surface area contributed by atoms with Crippen LogP contribution in [0.5, 0.6) is 0 Å². The summed E-state index contributed by atoms with van der Waals surface area (Å²) in [5.41, 5.74) is -0.221. The first-order chi connectivity index (χ1) is 6.81. The van der Waals surface area contributed by atoms with E-state index in [4.69, 9.17) is 0 Å². The Morgan fingerprint density at radius 3 is 2.07 bits per heavy atom. The average Bonchev–Trinajstić information content (AvgIpc) is 1.99. The molecule has 5 nitrogen and oxygen atoms in total. The first-order valence-electron chi connectivity index (χ1n) is 5.12. The molecule has 0 unspecified atom stereocenters. The lowest BCUT2D eigenvalue weighted by atomic mass is 10.1. The van der Waals surface area contributed by atoms with E-state index in [1.54, 1.807) is 0 Å². The average molecular weight is 215 g/mol. The van der Waals surface area contributed by atoms with Gasteiger partial charge in [0.15, 0.2) is 0 Å². The quantitative estimate of drug-likeness (QED) is 0.601. The van der Waals surface area contributed by atoms with Crippen LogP contribution in [0.2, 0.25) is 0 Å². The third-order valence-electron chi connectivity index (χ3n) is 1.50. The zero-order valence-corrected chi connectivity index (χ0v) is 9.94.